The molecule has 9 aromatic carbocycles. The van der Waals surface area contributed by atoms with Crippen molar-refractivity contribution in [2.24, 2.45) is 53.3 Å². The zero-order valence-electron chi connectivity index (χ0n) is 55.6. The van der Waals surface area contributed by atoms with Crippen molar-refractivity contribution < 1.29 is 18.9 Å². The van der Waals surface area contributed by atoms with Crippen LogP contribution in [0, 0.1) is 74.0 Å². The van der Waals surface area contributed by atoms with Crippen LogP contribution in [0.5, 0.6) is 46.0 Å². The first-order chi connectivity index (χ1) is 47.0. The van der Waals surface area contributed by atoms with E-state index in [1.54, 1.807) is 0 Å². The van der Waals surface area contributed by atoms with Gasteiger partial charge in [0.15, 0.2) is 0 Å². The van der Waals surface area contributed by atoms with Gasteiger partial charge in [0, 0.05) is 46.0 Å². The van der Waals surface area contributed by atoms with E-state index in [0.717, 1.165) is 99.3 Å². The van der Waals surface area contributed by atoms with Gasteiger partial charge in [-0.2, -0.15) is 0 Å². The number of fused-ring (bicyclic) bond motifs is 12. The highest BCUT2D eigenvalue weighted by Crippen LogP contribution is 2.65. The van der Waals surface area contributed by atoms with Crippen molar-refractivity contribution in [1.29, 1.82) is 0 Å². The Morgan fingerprint density at radius 3 is 1.07 bits per heavy atom. The lowest BCUT2D eigenvalue weighted by Gasteiger charge is -2.57. The van der Waals surface area contributed by atoms with Crippen molar-refractivity contribution in [2.75, 3.05) is 9.80 Å². The third-order valence-corrected chi connectivity index (χ3v) is 29.0. The topological polar surface area (TPSA) is 43.4 Å². The third-order valence-electron chi connectivity index (χ3n) is 29.0. The Morgan fingerprint density at radius 2 is 0.625 bits per heavy atom. The monoisotopic (exact) mass is 1250 g/mol. The second-order valence-electron chi connectivity index (χ2n) is 34.7. The molecule has 0 amide bonds. The number of hydrogen-bond acceptors (Lipinski definition) is 6. The quantitative estimate of drug-likeness (QED) is 0.160. The smallest absolute Gasteiger partial charge is 0.260 e. The lowest BCUT2D eigenvalue weighted by molar-refractivity contribution is -0.00540. The fourth-order valence-electron chi connectivity index (χ4n) is 26.7. The Morgan fingerprint density at radius 1 is 0.281 bits per heavy atom. The molecule has 0 radical (unpaired) electrons. The third kappa shape index (κ3) is 7.18. The van der Waals surface area contributed by atoms with Crippen molar-refractivity contribution >= 4 is 103 Å². The minimum atomic E-state index is -0.174. The molecular weight excluding hydrogens is 1170 g/mol. The number of aryl methyl sites for hydroxylation is 3. The second kappa shape index (κ2) is 18.6. The second-order valence-corrected chi connectivity index (χ2v) is 34.7. The summed E-state index contributed by atoms with van der Waals surface area (Å²) in [5.41, 5.74) is 27.3. The normalized spacial score (nSPS) is 30.8. The molecule has 0 spiro atoms. The zero-order valence-corrected chi connectivity index (χ0v) is 55.6. The summed E-state index contributed by atoms with van der Waals surface area (Å²) in [6.45, 7) is 6.64. The largest absolute Gasteiger partial charge is 0.458 e. The summed E-state index contributed by atoms with van der Waals surface area (Å²) in [7, 11) is 0. The van der Waals surface area contributed by atoms with Crippen LogP contribution in [0.25, 0.3) is 0 Å². The van der Waals surface area contributed by atoms with Crippen molar-refractivity contribution in [1.82, 2.24) is 0 Å². The number of para-hydroxylation sites is 4. The molecular formula is C87H79B3N2O4. The predicted octanol–water partition coefficient (Wildman–Crippen LogP) is 15.6. The van der Waals surface area contributed by atoms with Crippen molar-refractivity contribution in [2.45, 2.75) is 153 Å². The van der Waals surface area contributed by atoms with Crippen LogP contribution in [0.2, 0.25) is 0 Å². The fraction of sp³-hybridized carbons (Fsp3) is 0.379. The molecule has 96 heavy (non-hydrogen) atoms. The first kappa shape index (κ1) is 54.0. The Bertz CT molecular complexity index is 4900. The number of anilines is 6. The molecule has 0 aromatic heterocycles. The minimum absolute atomic E-state index is 0.0778. The molecule has 18 aliphatic rings. The van der Waals surface area contributed by atoms with Crippen LogP contribution in [0.4, 0.5) is 34.1 Å². The minimum Gasteiger partial charge on any atom is -0.458 e. The van der Waals surface area contributed by atoms with E-state index in [-0.39, 0.29) is 36.4 Å². The van der Waals surface area contributed by atoms with E-state index < -0.39 is 0 Å². The number of nitrogens with zero attached hydrogens (tertiary/aromatic N) is 2. The summed E-state index contributed by atoms with van der Waals surface area (Å²) >= 11 is 0. The number of ether oxygens (including phenoxy) is 4. The summed E-state index contributed by atoms with van der Waals surface area (Å²) < 4.78 is 30.5. The van der Waals surface area contributed by atoms with E-state index in [9.17, 15) is 0 Å². The molecule has 0 unspecified atom stereocenters. The average molecular weight is 1250 g/mol. The predicted molar refractivity (Wildman–Crippen MR) is 390 cm³/mol. The average Bonchev–Trinajstić information content (AvgIpc) is 0.688. The van der Waals surface area contributed by atoms with Gasteiger partial charge in [-0.1, -0.05) is 84.9 Å². The Labute approximate surface area is 565 Å². The van der Waals surface area contributed by atoms with Crippen LogP contribution in [-0.4, -0.2) is 20.1 Å². The summed E-state index contributed by atoms with van der Waals surface area (Å²) in [5.74, 6) is 15.2. The maximum absolute atomic E-state index is 8.07. The van der Waals surface area contributed by atoms with Gasteiger partial charge in [0.1, 0.15) is 46.0 Å². The van der Waals surface area contributed by atoms with Gasteiger partial charge < -0.3 is 28.7 Å². The van der Waals surface area contributed by atoms with Crippen LogP contribution in [0.15, 0.2) is 152 Å². The van der Waals surface area contributed by atoms with Gasteiger partial charge in [-0.3, -0.25) is 0 Å². The molecule has 0 N–H and O–H groups in total. The van der Waals surface area contributed by atoms with Gasteiger partial charge in [-0.25, -0.2) is 0 Å². The molecule has 12 saturated carbocycles. The molecule has 27 rings (SSSR count). The lowest BCUT2D eigenvalue weighted by atomic mass is 9.29. The summed E-state index contributed by atoms with van der Waals surface area (Å²) in [4.78, 5) is 5.37. The molecule has 9 aromatic rings. The van der Waals surface area contributed by atoms with Crippen LogP contribution in [-0.2, 0) is 16.2 Å². The molecule has 12 fully saturated rings. The highest BCUT2D eigenvalue weighted by molar-refractivity contribution is 7.03. The van der Waals surface area contributed by atoms with Crippen LogP contribution >= 0.6 is 0 Å². The molecule has 6 aliphatic heterocycles. The number of benzene rings is 9. The van der Waals surface area contributed by atoms with E-state index in [0.29, 0.717) is 0 Å². The number of rotatable bonds is 5. The van der Waals surface area contributed by atoms with Gasteiger partial charge in [0.2, 0.25) is 0 Å². The zero-order chi connectivity index (χ0) is 62.6. The van der Waals surface area contributed by atoms with Crippen molar-refractivity contribution in [3.05, 3.63) is 185 Å². The van der Waals surface area contributed by atoms with Crippen LogP contribution < -0.4 is 77.9 Å². The van der Waals surface area contributed by atoms with E-state index >= 15 is 0 Å². The molecule has 9 heteroatoms. The van der Waals surface area contributed by atoms with Crippen LogP contribution in [0.3, 0.4) is 0 Å². The van der Waals surface area contributed by atoms with E-state index in [4.69, 9.17) is 18.9 Å². The SMILES string of the molecule is Cc1ccccc1N1c2cc3c(cc2B2c4cc5c(cc4Oc4cc(C67CC8CC(CC(C8)C6)C7)cc1c42)N(c1c(C)cccc1C)c1cc(C24CC6CC(CC(C6)C2)C4)cc2c1B5c1ccccc1O2)B1c2ccccc2Oc2cc(C45CC6CC(CC(C6)C4)C5)cc(c21)O3. The first-order valence-corrected chi connectivity index (χ1v) is 37.5. The maximum Gasteiger partial charge on any atom is 0.260 e. The molecule has 6 heterocycles. The summed E-state index contributed by atoms with van der Waals surface area (Å²) in [6, 6.07) is 59.9. The van der Waals surface area contributed by atoms with Crippen molar-refractivity contribution in [3.8, 4) is 46.0 Å². The molecule has 12 bridgehead atoms. The van der Waals surface area contributed by atoms with E-state index in [2.05, 4.69) is 182 Å². The maximum atomic E-state index is 8.07. The van der Waals surface area contributed by atoms with Gasteiger partial charge in [-0.15, -0.1) is 0 Å². The van der Waals surface area contributed by atoms with E-state index in [1.807, 2.05) is 0 Å². The van der Waals surface area contributed by atoms with Gasteiger partial charge in [0.25, 0.3) is 20.1 Å². The standard InChI is InChI=1S/C87H79B3N2O4/c1-47-11-4-7-16-68(47)91-69-36-75-66(89-63-15-6-9-18-74(63)94-79-32-61(33-80(96-75)83(79)89)87-44-56-25-57(45-87)27-58(26-56)46-87)34-64(69)90-67-35-65-70(37-76(67)95-78-31-59(28-71(91)81(78)90)85-38-50-19-51(39-85)21-52(20-50)40-85)92(84-48(2)12-10-13-49(84)3)72-29-60(86-41-53-22-54(42-86)24-55(23-53)43-86)30-77-82(72)88(65)62-14-5-8-17-73(62)93-77/h4-18,28-37,50-58H,19-27,38-46H2,1-3H3. The molecule has 470 valence electrons. The Kier molecular flexibility index (Phi) is 10.5. The highest BCUT2D eigenvalue weighted by atomic mass is 16.5. The fourth-order valence-corrected chi connectivity index (χ4v) is 26.7. The highest BCUT2D eigenvalue weighted by Gasteiger charge is 2.58. The summed E-state index contributed by atoms with van der Waals surface area (Å²) in [6.07, 6.45) is 24.2. The first-order valence-electron chi connectivity index (χ1n) is 37.5. The van der Waals surface area contributed by atoms with Gasteiger partial charge in [-0.05, 0) is 338 Å². The molecule has 0 saturated heterocycles. The number of hydrogen-bond donors (Lipinski definition) is 0. The lowest BCUT2D eigenvalue weighted by Crippen LogP contribution is -2.65. The van der Waals surface area contributed by atoms with Gasteiger partial charge in [0.05, 0.1) is 5.69 Å². The Balaban J connectivity index is 0.765. The summed E-state index contributed by atoms with van der Waals surface area (Å²) in [5, 5.41) is 0. The molecule has 12 aliphatic carbocycles. The van der Waals surface area contributed by atoms with Crippen LogP contribution in [0.1, 0.15) is 149 Å². The van der Waals surface area contributed by atoms with Crippen molar-refractivity contribution in [3.63, 3.8) is 0 Å². The molecule has 6 nitrogen and oxygen atoms in total. The van der Waals surface area contributed by atoms with E-state index in [1.165, 1.54) is 232 Å². The molecule has 0 atom stereocenters. The van der Waals surface area contributed by atoms with Gasteiger partial charge >= 0.3 is 0 Å². The Hall–Kier alpha value is -8.03.